The van der Waals surface area contributed by atoms with Gasteiger partial charge in [-0.3, -0.25) is 4.79 Å². The third kappa shape index (κ3) is 3.75. The number of carbonyl (C=O) groups excluding carboxylic acids is 1. The van der Waals surface area contributed by atoms with Crippen molar-refractivity contribution < 1.29 is 9.53 Å². The van der Waals surface area contributed by atoms with E-state index in [2.05, 4.69) is 31.9 Å². The van der Waals surface area contributed by atoms with Gasteiger partial charge in [-0.2, -0.15) is 0 Å². The summed E-state index contributed by atoms with van der Waals surface area (Å²) in [5.74, 6) is -0.0511. The number of carbonyl (C=O) groups is 1. The van der Waals surface area contributed by atoms with Gasteiger partial charge in [0, 0.05) is 22.9 Å². The minimum absolute atomic E-state index is 0.00285. The van der Waals surface area contributed by atoms with Crippen molar-refractivity contribution in [2.75, 3.05) is 18.4 Å². The molecule has 1 aliphatic rings. The van der Waals surface area contributed by atoms with Gasteiger partial charge in [-0.15, -0.1) is 0 Å². The number of amides is 1. The lowest BCUT2D eigenvalue weighted by Crippen LogP contribution is -2.55. The molecule has 3 nitrogen and oxygen atoms in total. The van der Waals surface area contributed by atoms with Crippen LogP contribution in [0.25, 0.3) is 0 Å². The van der Waals surface area contributed by atoms with Crippen LogP contribution in [0.2, 0.25) is 5.02 Å². The van der Waals surface area contributed by atoms with Crippen molar-refractivity contribution in [2.24, 2.45) is 0 Å². The van der Waals surface area contributed by atoms with E-state index in [-0.39, 0.29) is 17.6 Å². The maximum Gasteiger partial charge on any atom is 0.255 e. The summed E-state index contributed by atoms with van der Waals surface area (Å²) in [6.45, 7) is 5.11. The molecule has 0 saturated carbocycles. The van der Waals surface area contributed by atoms with Crippen molar-refractivity contribution in [3.63, 3.8) is 0 Å². The molecule has 0 spiro atoms. The van der Waals surface area contributed by atoms with E-state index in [1.54, 1.807) is 12.1 Å². The smallest absolute Gasteiger partial charge is 0.255 e. The number of hydrogen-bond acceptors (Lipinski definition) is 2. The van der Waals surface area contributed by atoms with E-state index in [4.69, 9.17) is 16.3 Å². The fourth-order valence-corrected chi connectivity index (χ4v) is 3.46. The normalized spacial score (nSPS) is 21.9. The van der Waals surface area contributed by atoms with E-state index in [9.17, 15) is 4.79 Å². The Morgan fingerprint density at radius 3 is 2.85 bits per heavy atom. The molecule has 1 heterocycles. The lowest BCUT2D eigenvalue weighted by molar-refractivity contribution is -0.116. The van der Waals surface area contributed by atoms with E-state index in [1.807, 2.05) is 24.8 Å². The molecule has 1 amide bonds. The number of ether oxygens (including phenoxy) is 1. The monoisotopic (exact) mass is 423 g/mol. The minimum Gasteiger partial charge on any atom is -0.368 e. The molecule has 6 heteroatoms. The Morgan fingerprint density at radius 2 is 2.25 bits per heavy atom. The maximum absolute atomic E-state index is 12.6. The molecule has 2 rings (SSSR count). The number of morpholine rings is 1. The number of hydrogen-bond donors (Lipinski definition) is 0. The van der Waals surface area contributed by atoms with Gasteiger partial charge in [0.2, 0.25) is 0 Å². The molecule has 1 atom stereocenters. The van der Waals surface area contributed by atoms with Crippen LogP contribution < -0.4 is 0 Å². The first kappa shape index (κ1) is 16.3. The number of nitrogens with zero attached hydrogens (tertiary/aromatic N) is 1. The molecular weight excluding hydrogens is 409 g/mol. The predicted octanol–water partition coefficient (Wildman–Crippen LogP) is 4.12. The summed E-state index contributed by atoms with van der Waals surface area (Å²) in [7, 11) is 0. The minimum atomic E-state index is -0.353. The van der Waals surface area contributed by atoms with Gasteiger partial charge >= 0.3 is 0 Å². The van der Waals surface area contributed by atoms with Crippen LogP contribution in [-0.2, 0) is 4.74 Å². The molecule has 1 saturated heterocycles. The van der Waals surface area contributed by atoms with Crippen molar-refractivity contribution in [2.45, 2.75) is 25.6 Å². The first-order chi connectivity index (χ1) is 9.32. The third-order valence-corrected chi connectivity index (χ3v) is 4.63. The average molecular weight is 426 g/mol. The summed E-state index contributed by atoms with van der Waals surface area (Å²) in [5.41, 5.74) is 0.176. The largest absolute Gasteiger partial charge is 0.368 e. The number of halogens is 3. The van der Waals surface area contributed by atoms with Crippen LogP contribution in [0.1, 0.15) is 24.2 Å². The third-order valence-electron chi connectivity index (χ3n) is 3.10. The Labute approximate surface area is 140 Å². The molecular formula is C14H16Br2ClNO2. The van der Waals surface area contributed by atoms with E-state index < -0.39 is 0 Å². The quantitative estimate of drug-likeness (QED) is 0.668. The fourth-order valence-electron chi connectivity index (χ4n) is 2.36. The van der Waals surface area contributed by atoms with Gasteiger partial charge in [0.05, 0.1) is 22.3 Å². The van der Waals surface area contributed by atoms with Crippen LogP contribution in [0.4, 0.5) is 0 Å². The molecule has 0 radical (unpaired) electrons. The standard InChI is InChI=1S/C14H16Br2ClNO2/c1-14(2)8-18(7-10(6-15)20-14)13(19)11-4-3-9(16)5-12(11)17/h3-5,10H,6-8H2,1-2H3. The second-order valence-electron chi connectivity index (χ2n) is 5.46. The van der Waals surface area contributed by atoms with Gasteiger partial charge in [0.25, 0.3) is 5.91 Å². The summed E-state index contributed by atoms with van der Waals surface area (Å²) in [4.78, 5) is 14.4. The van der Waals surface area contributed by atoms with Crippen molar-refractivity contribution >= 4 is 49.4 Å². The van der Waals surface area contributed by atoms with Crippen LogP contribution in [0.5, 0.6) is 0 Å². The van der Waals surface area contributed by atoms with E-state index in [0.29, 0.717) is 29.0 Å². The summed E-state index contributed by atoms with van der Waals surface area (Å²) in [6, 6.07) is 5.31. The lowest BCUT2D eigenvalue weighted by atomic mass is 10.0. The van der Waals surface area contributed by atoms with Gasteiger partial charge in [-0.25, -0.2) is 0 Å². The Hall–Kier alpha value is -0.100. The SMILES string of the molecule is CC1(C)CN(C(=O)c2ccc(Br)cc2Cl)CC(CBr)O1. The zero-order valence-electron chi connectivity index (χ0n) is 11.3. The Bertz CT molecular complexity index is 522. The average Bonchev–Trinajstić information content (AvgIpc) is 2.36. The molecule has 1 aliphatic heterocycles. The molecule has 0 aliphatic carbocycles. The number of rotatable bonds is 2. The van der Waals surface area contributed by atoms with Gasteiger partial charge in [-0.1, -0.05) is 43.5 Å². The number of alkyl halides is 1. The molecule has 1 aromatic carbocycles. The van der Waals surface area contributed by atoms with E-state index in [0.717, 1.165) is 4.47 Å². The molecule has 1 fully saturated rings. The van der Waals surface area contributed by atoms with Gasteiger partial charge in [-0.05, 0) is 32.0 Å². The van der Waals surface area contributed by atoms with Crippen molar-refractivity contribution in [3.8, 4) is 0 Å². The first-order valence-electron chi connectivity index (χ1n) is 6.30. The Morgan fingerprint density at radius 1 is 1.55 bits per heavy atom. The highest BCUT2D eigenvalue weighted by Crippen LogP contribution is 2.27. The van der Waals surface area contributed by atoms with Crippen molar-refractivity contribution in [1.29, 1.82) is 0 Å². The van der Waals surface area contributed by atoms with Gasteiger partial charge in [0.1, 0.15) is 0 Å². The topological polar surface area (TPSA) is 29.5 Å². The summed E-state index contributed by atoms with van der Waals surface area (Å²) in [6.07, 6.45) is -0.00285. The predicted molar refractivity (Wildman–Crippen MR) is 87.8 cm³/mol. The molecule has 0 N–H and O–H groups in total. The van der Waals surface area contributed by atoms with Crippen molar-refractivity contribution in [3.05, 3.63) is 33.3 Å². The van der Waals surface area contributed by atoms with Crippen LogP contribution >= 0.6 is 43.5 Å². The highest BCUT2D eigenvalue weighted by molar-refractivity contribution is 9.10. The molecule has 0 aromatic heterocycles. The van der Waals surface area contributed by atoms with Crippen LogP contribution in [0, 0.1) is 0 Å². The van der Waals surface area contributed by atoms with Gasteiger partial charge in [0.15, 0.2) is 0 Å². The lowest BCUT2D eigenvalue weighted by Gasteiger charge is -2.42. The Kier molecular flexibility index (Phi) is 5.16. The van der Waals surface area contributed by atoms with Crippen molar-refractivity contribution in [1.82, 2.24) is 4.90 Å². The second kappa shape index (κ2) is 6.34. The van der Waals surface area contributed by atoms with Gasteiger partial charge < -0.3 is 9.64 Å². The first-order valence-corrected chi connectivity index (χ1v) is 8.60. The highest BCUT2D eigenvalue weighted by atomic mass is 79.9. The summed E-state index contributed by atoms with van der Waals surface area (Å²) in [5, 5.41) is 1.16. The fraction of sp³-hybridized carbons (Fsp3) is 0.500. The summed E-state index contributed by atoms with van der Waals surface area (Å²) >= 11 is 12.9. The van der Waals surface area contributed by atoms with Crippen LogP contribution in [0.3, 0.4) is 0 Å². The molecule has 1 aromatic rings. The van der Waals surface area contributed by atoms with E-state index in [1.165, 1.54) is 0 Å². The summed E-state index contributed by atoms with van der Waals surface area (Å²) < 4.78 is 6.77. The molecule has 0 bridgehead atoms. The zero-order valence-corrected chi connectivity index (χ0v) is 15.3. The van der Waals surface area contributed by atoms with Crippen LogP contribution in [-0.4, -0.2) is 40.9 Å². The molecule has 1 unspecified atom stereocenters. The Balaban J connectivity index is 2.23. The highest BCUT2D eigenvalue weighted by Gasteiger charge is 2.35. The van der Waals surface area contributed by atoms with Crippen LogP contribution in [0.15, 0.2) is 22.7 Å². The molecule has 110 valence electrons. The second-order valence-corrected chi connectivity index (χ2v) is 7.43. The number of benzene rings is 1. The maximum atomic E-state index is 12.6. The molecule has 20 heavy (non-hydrogen) atoms. The zero-order chi connectivity index (χ0) is 14.9. The van der Waals surface area contributed by atoms with E-state index >= 15 is 0 Å².